The minimum absolute atomic E-state index is 0.0275. The van der Waals surface area contributed by atoms with Crippen LogP contribution in [0.25, 0.3) is 0 Å². The van der Waals surface area contributed by atoms with Crippen LogP contribution in [0.3, 0.4) is 0 Å². The third-order valence-corrected chi connectivity index (χ3v) is 6.98. The van der Waals surface area contributed by atoms with Crippen molar-refractivity contribution in [2.24, 2.45) is 0 Å². The molecule has 30 heavy (non-hydrogen) atoms. The fourth-order valence-corrected chi connectivity index (χ4v) is 4.97. The molecule has 0 bridgehead atoms. The van der Waals surface area contributed by atoms with Crippen molar-refractivity contribution in [1.29, 1.82) is 0 Å². The summed E-state index contributed by atoms with van der Waals surface area (Å²) in [6, 6.07) is 4.96. The fraction of sp³-hybridized carbons (Fsp3) is 0.600. The molecule has 0 aromatic heterocycles. The molecule has 1 aromatic carbocycles. The third-order valence-electron chi connectivity index (χ3n) is 5.78. The van der Waals surface area contributed by atoms with Crippen LogP contribution >= 0.6 is 0 Å². The SMILES string of the molecule is COc1cc(OC)cc(N2C(=O)CN(S(C)(=O)=O)C[C@]2(C)C(=O)NC2CCCC2)c1. The van der Waals surface area contributed by atoms with E-state index in [0.29, 0.717) is 17.2 Å². The van der Waals surface area contributed by atoms with Crippen LogP contribution in [-0.2, 0) is 19.6 Å². The van der Waals surface area contributed by atoms with Gasteiger partial charge in [-0.2, -0.15) is 4.31 Å². The van der Waals surface area contributed by atoms with Crippen molar-refractivity contribution in [3.8, 4) is 11.5 Å². The fourth-order valence-electron chi connectivity index (χ4n) is 4.14. The zero-order chi connectivity index (χ0) is 22.1. The Balaban J connectivity index is 2.06. The van der Waals surface area contributed by atoms with E-state index in [1.54, 1.807) is 25.1 Å². The van der Waals surface area contributed by atoms with Gasteiger partial charge in [0.1, 0.15) is 17.0 Å². The van der Waals surface area contributed by atoms with Gasteiger partial charge in [-0.05, 0) is 19.8 Å². The summed E-state index contributed by atoms with van der Waals surface area (Å²) in [5.41, 5.74) is -1.02. The summed E-state index contributed by atoms with van der Waals surface area (Å²) in [7, 11) is -0.677. The Bertz CT molecular complexity index is 906. The maximum atomic E-state index is 13.4. The lowest BCUT2D eigenvalue weighted by Gasteiger charge is -2.46. The molecule has 2 amide bonds. The summed E-state index contributed by atoms with van der Waals surface area (Å²) in [5, 5.41) is 3.02. The van der Waals surface area contributed by atoms with E-state index in [4.69, 9.17) is 9.47 Å². The molecule has 3 rings (SSSR count). The number of hydrogen-bond acceptors (Lipinski definition) is 6. The predicted molar refractivity (Wildman–Crippen MR) is 112 cm³/mol. The zero-order valence-corrected chi connectivity index (χ0v) is 18.6. The highest BCUT2D eigenvalue weighted by Gasteiger charge is 2.50. The Labute approximate surface area is 177 Å². The number of benzene rings is 1. The molecule has 1 N–H and O–H groups in total. The van der Waals surface area contributed by atoms with Crippen LogP contribution in [0.4, 0.5) is 5.69 Å². The highest BCUT2D eigenvalue weighted by molar-refractivity contribution is 7.88. The van der Waals surface area contributed by atoms with Crippen LogP contribution in [-0.4, -0.2) is 69.7 Å². The average Bonchev–Trinajstić information content (AvgIpc) is 3.19. The quantitative estimate of drug-likeness (QED) is 0.712. The molecule has 1 aromatic rings. The molecule has 1 aliphatic carbocycles. The lowest BCUT2D eigenvalue weighted by Crippen LogP contribution is -2.70. The van der Waals surface area contributed by atoms with Crippen molar-refractivity contribution in [2.75, 3.05) is 38.5 Å². The first-order valence-corrected chi connectivity index (χ1v) is 11.8. The lowest BCUT2D eigenvalue weighted by molar-refractivity contribution is -0.133. The van der Waals surface area contributed by atoms with Gasteiger partial charge in [-0.1, -0.05) is 12.8 Å². The van der Waals surface area contributed by atoms with Crippen molar-refractivity contribution < 1.29 is 27.5 Å². The summed E-state index contributed by atoms with van der Waals surface area (Å²) in [4.78, 5) is 27.9. The van der Waals surface area contributed by atoms with E-state index in [1.807, 2.05) is 0 Å². The van der Waals surface area contributed by atoms with Crippen molar-refractivity contribution >= 4 is 27.5 Å². The van der Waals surface area contributed by atoms with Gasteiger partial charge in [-0.15, -0.1) is 0 Å². The van der Waals surface area contributed by atoms with Gasteiger partial charge in [-0.25, -0.2) is 8.42 Å². The first-order valence-electron chi connectivity index (χ1n) is 9.90. The van der Waals surface area contributed by atoms with E-state index in [9.17, 15) is 18.0 Å². The number of carbonyl (C=O) groups excluding carboxylic acids is 2. The van der Waals surface area contributed by atoms with Crippen molar-refractivity contribution in [1.82, 2.24) is 9.62 Å². The number of sulfonamides is 1. The van der Waals surface area contributed by atoms with Crippen molar-refractivity contribution in [3.05, 3.63) is 18.2 Å². The van der Waals surface area contributed by atoms with E-state index < -0.39 is 21.5 Å². The van der Waals surface area contributed by atoms with E-state index in [1.165, 1.54) is 19.1 Å². The van der Waals surface area contributed by atoms with E-state index in [-0.39, 0.29) is 25.0 Å². The molecule has 1 saturated carbocycles. The van der Waals surface area contributed by atoms with Gasteiger partial charge in [0.05, 0.1) is 32.7 Å². The maximum Gasteiger partial charge on any atom is 0.247 e. The Morgan fingerprint density at radius 1 is 1.13 bits per heavy atom. The summed E-state index contributed by atoms with van der Waals surface area (Å²) in [5.74, 6) is 0.0476. The highest BCUT2D eigenvalue weighted by atomic mass is 32.2. The van der Waals surface area contributed by atoms with Crippen LogP contribution in [0, 0.1) is 0 Å². The molecule has 0 spiro atoms. The van der Waals surface area contributed by atoms with Gasteiger partial charge in [0.25, 0.3) is 0 Å². The van der Waals surface area contributed by atoms with E-state index >= 15 is 0 Å². The van der Waals surface area contributed by atoms with Crippen LogP contribution in [0.1, 0.15) is 32.6 Å². The molecular weight excluding hydrogens is 410 g/mol. The minimum Gasteiger partial charge on any atom is -0.497 e. The molecule has 1 aliphatic heterocycles. The molecule has 0 unspecified atom stereocenters. The number of ether oxygens (including phenoxy) is 2. The molecule has 2 fully saturated rings. The van der Waals surface area contributed by atoms with Crippen LogP contribution in [0.5, 0.6) is 11.5 Å². The maximum absolute atomic E-state index is 13.4. The molecule has 1 atom stereocenters. The second-order valence-corrected chi connectivity index (χ2v) is 10.0. The second kappa shape index (κ2) is 8.43. The third kappa shape index (κ3) is 4.39. The normalized spacial score (nSPS) is 23.5. The largest absolute Gasteiger partial charge is 0.497 e. The first-order chi connectivity index (χ1) is 14.1. The molecule has 2 aliphatic rings. The Hall–Kier alpha value is -2.33. The molecule has 166 valence electrons. The predicted octanol–water partition coefficient (Wildman–Crippen LogP) is 1.13. The molecule has 10 heteroatoms. The van der Waals surface area contributed by atoms with Crippen molar-refractivity contribution in [2.45, 2.75) is 44.2 Å². The average molecular weight is 440 g/mol. The summed E-state index contributed by atoms with van der Waals surface area (Å²) in [6.07, 6.45) is 4.86. The molecule has 1 saturated heterocycles. The number of carbonyl (C=O) groups is 2. The van der Waals surface area contributed by atoms with Crippen LogP contribution < -0.4 is 19.7 Å². The second-order valence-electron chi connectivity index (χ2n) is 8.06. The summed E-state index contributed by atoms with van der Waals surface area (Å²) >= 11 is 0. The highest BCUT2D eigenvalue weighted by Crippen LogP contribution is 2.36. The molecular formula is C20H29N3O6S. The standard InChI is InChI=1S/C20H29N3O6S/c1-20(19(25)21-14-7-5-6-8-14)13-22(30(4,26)27)12-18(24)23(20)15-9-16(28-2)11-17(10-15)29-3/h9-11,14H,5-8,12-13H2,1-4H3,(H,21,25)/t20-/m1/s1. The van der Waals surface area contributed by atoms with Gasteiger partial charge in [0, 0.05) is 30.8 Å². The number of methoxy groups -OCH3 is 2. The minimum atomic E-state index is -3.67. The number of anilines is 1. The lowest BCUT2D eigenvalue weighted by atomic mass is 9.93. The van der Waals surface area contributed by atoms with Gasteiger partial charge in [-0.3, -0.25) is 14.5 Å². The number of nitrogens with one attached hydrogen (secondary N) is 1. The summed E-state index contributed by atoms with van der Waals surface area (Å²) < 4.78 is 36.1. The number of amides is 2. The monoisotopic (exact) mass is 439 g/mol. The Morgan fingerprint density at radius 2 is 1.70 bits per heavy atom. The number of rotatable bonds is 6. The molecule has 1 heterocycles. The topological polar surface area (TPSA) is 105 Å². The number of piperazine rings is 1. The van der Waals surface area contributed by atoms with Gasteiger partial charge >= 0.3 is 0 Å². The Morgan fingerprint density at radius 3 is 2.20 bits per heavy atom. The Kier molecular flexibility index (Phi) is 6.28. The van der Waals surface area contributed by atoms with Crippen molar-refractivity contribution in [3.63, 3.8) is 0 Å². The van der Waals surface area contributed by atoms with Crippen LogP contribution in [0.15, 0.2) is 18.2 Å². The summed E-state index contributed by atoms with van der Waals surface area (Å²) in [6.45, 7) is 1.11. The zero-order valence-electron chi connectivity index (χ0n) is 17.8. The number of hydrogen-bond donors (Lipinski definition) is 1. The van der Waals surface area contributed by atoms with E-state index in [0.717, 1.165) is 36.2 Å². The van der Waals surface area contributed by atoms with Gasteiger partial charge in [0.15, 0.2) is 0 Å². The smallest absolute Gasteiger partial charge is 0.247 e. The van der Waals surface area contributed by atoms with Gasteiger partial charge < -0.3 is 14.8 Å². The molecule has 0 radical (unpaired) electrons. The van der Waals surface area contributed by atoms with Gasteiger partial charge in [0.2, 0.25) is 21.8 Å². The number of nitrogens with zero attached hydrogens (tertiary/aromatic N) is 2. The molecule has 9 nitrogen and oxygen atoms in total. The first kappa shape index (κ1) is 22.4. The van der Waals surface area contributed by atoms with Crippen LogP contribution in [0.2, 0.25) is 0 Å². The van der Waals surface area contributed by atoms with E-state index in [2.05, 4.69) is 5.32 Å².